The summed E-state index contributed by atoms with van der Waals surface area (Å²) in [6, 6.07) is 11.3. The van der Waals surface area contributed by atoms with Crippen LogP contribution < -0.4 is 5.32 Å². The molecule has 1 atom stereocenters. The molecule has 1 heterocycles. The molecule has 0 aliphatic heterocycles. The summed E-state index contributed by atoms with van der Waals surface area (Å²) in [6.45, 7) is 5.29. The predicted molar refractivity (Wildman–Crippen MR) is 74.6 cm³/mol. The van der Waals surface area contributed by atoms with Crippen LogP contribution in [0.3, 0.4) is 0 Å². The third kappa shape index (κ3) is 3.23. The molecule has 0 aliphatic carbocycles. The number of likely N-dealkylation sites (N-methyl/N-ethyl adjacent to an activating group) is 1. The molecule has 2 nitrogen and oxygen atoms in total. The van der Waals surface area contributed by atoms with Crippen LogP contribution in [0.1, 0.15) is 36.6 Å². The second-order valence-electron chi connectivity index (χ2n) is 4.54. The van der Waals surface area contributed by atoms with Crippen molar-refractivity contribution in [3.63, 3.8) is 0 Å². The van der Waals surface area contributed by atoms with E-state index in [0.29, 0.717) is 6.04 Å². The number of hydrogen-bond donors (Lipinski definition) is 1. The van der Waals surface area contributed by atoms with Crippen LogP contribution in [0.25, 0.3) is 0 Å². The monoisotopic (exact) mass is 243 g/mol. The smallest absolute Gasteiger partial charge is 0.0935 e. The van der Waals surface area contributed by atoms with Crippen LogP contribution in [-0.4, -0.2) is 6.54 Å². The first-order valence-electron chi connectivity index (χ1n) is 6.66. The lowest BCUT2D eigenvalue weighted by molar-refractivity contribution is 0.534. The second-order valence-corrected chi connectivity index (χ2v) is 4.54. The van der Waals surface area contributed by atoms with E-state index in [4.69, 9.17) is 4.42 Å². The van der Waals surface area contributed by atoms with Gasteiger partial charge >= 0.3 is 0 Å². The van der Waals surface area contributed by atoms with E-state index in [9.17, 15) is 0 Å². The fourth-order valence-corrected chi connectivity index (χ4v) is 2.18. The van der Waals surface area contributed by atoms with Gasteiger partial charge in [-0.25, -0.2) is 0 Å². The normalized spacial score (nSPS) is 12.6. The van der Waals surface area contributed by atoms with E-state index in [1.165, 1.54) is 16.7 Å². The van der Waals surface area contributed by atoms with E-state index in [0.717, 1.165) is 19.4 Å². The van der Waals surface area contributed by atoms with Crippen molar-refractivity contribution in [2.75, 3.05) is 6.54 Å². The number of aryl methyl sites for hydroxylation is 1. The molecule has 2 heteroatoms. The first kappa shape index (κ1) is 12.9. The van der Waals surface area contributed by atoms with Crippen LogP contribution in [0.4, 0.5) is 0 Å². The highest BCUT2D eigenvalue weighted by Gasteiger charge is 2.11. The van der Waals surface area contributed by atoms with Crippen LogP contribution in [0.2, 0.25) is 0 Å². The van der Waals surface area contributed by atoms with Crippen LogP contribution in [0.5, 0.6) is 0 Å². The molecular weight excluding hydrogens is 222 g/mol. The maximum Gasteiger partial charge on any atom is 0.0935 e. The largest absolute Gasteiger partial charge is 0.472 e. The fraction of sp³-hybridized carbons (Fsp3) is 0.375. The quantitative estimate of drug-likeness (QED) is 0.836. The molecule has 1 aromatic carbocycles. The van der Waals surface area contributed by atoms with E-state index < -0.39 is 0 Å². The van der Waals surface area contributed by atoms with Crippen LogP contribution in [-0.2, 0) is 12.8 Å². The van der Waals surface area contributed by atoms with Crippen LogP contribution in [0, 0.1) is 0 Å². The van der Waals surface area contributed by atoms with E-state index in [2.05, 4.69) is 43.4 Å². The summed E-state index contributed by atoms with van der Waals surface area (Å²) in [6.07, 6.45) is 5.62. The van der Waals surface area contributed by atoms with E-state index >= 15 is 0 Å². The van der Waals surface area contributed by atoms with Crippen LogP contribution >= 0.6 is 0 Å². The molecule has 1 aromatic heterocycles. The Labute approximate surface area is 109 Å². The van der Waals surface area contributed by atoms with Gasteiger partial charge in [0.1, 0.15) is 0 Å². The number of hydrogen-bond acceptors (Lipinski definition) is 2. The molecule has 0 saturated heterocycles. The van der Waals surface area contributed by atoms with Gasteiger partial charge in [-0.15, -0.1) is 0 Å². The highest BCUT2D eigenvalue weighted by atomic mass is 16.3. The molecule has 0 radical (unpaired) electrons. The van der Waals surface area contributed by atoms with Crippen molar-refractivity contribution < 1.29 is 4.42 Å². The lowest BCUT2D eigenvalue weighted by Crippen LogP contribution is -2.22. The standard InChI is InChI=1S/C16H21NO/c1-3-13-5-7-15(8-6-13)16(17-4-2)11-14-9-10-18-12-14/h5-10,12,16-17H,3-4,11H2,1-2H3. The SMILES string of the molecule is CCNC(Cc1ccoc1)c1ccc(CC)cc1. The summed E-state index contributed by atoms with van der Waals surface area (Å²) in [5, 5.41) is 3.53. The zero-order valence-electron chi connectivity index (χ0n) is 11.1. The van der Waals surface area contributed by atoms with Gasteiger partial charge in [0, 0.05) is 6.04 Å². The van der Waals surface area contributed by atoms with Gasteiger partial charge in [-0.1, -0.05) is 38.1 Å². The third-order valence-corrected chi connectivity index (χ3v) is 3.26. The predicted octanol–water partition coefficient (Wildman–Crippen LogP) is 3.74. The van der Waals surface area contributed by atoms with Gasteiger partial charge in [-0.2, -0.15) is 0 Å². The Kier molecular flexibility index (Phi) is 4.59. The number of benzene rings is 1. The average molecular weight is 243 g/mol. The minimum Gasteiger partial charge on any atom is -0.472 e. The molecule has 96 valence electrons. The molecule has 0 spiro atoms. The Hall–Kier alpha value is -1.54. The maximum atomic E-state index is 5.14. The van der Waals surface area contributed by atoms with Gasteiger partial charge in [0.15, 0.2) is 0 Å². The molecule has 1 N–H and O–H groups in total. The Morgan fingerprint density at radius 3 is 2.39 bits per heavy atom. The Bertz CT molecular complexity index is 444. The molecule has 1 unspecified atom stereocenters. The number of furan rings is 1. The summed E-state index contributed by atoms with van der Waals surface area (Å²) in [4.78, 5) is 0. The highest BCUT2D eigenvalue weighted by molar-refractivity contribution is 5.26. The molecular formula is C16H21NO. The molecule has 0 saturated carbocycles. The van der Waals surface area contributed by atoms with Crippen molar-refractivity contribution in [2.45, 2.75) is 32.7 Å². The molecule has 2 aromatic rings. The summed E-state index contributed by atoms with van der Waals surface area (Å²) in [5.74, 6) is 0. The Morgan fingerprint density at radius 2 is 1.83 bits per heavy atom. The van der Waals surface area contributed by atoms with Crippen molar-refractivity contribution >= 4 is 0 Å². The van der Waals surface area contributed by atoms with Gasteiger partial charge in [0.25, 0.3) is 0 Å². The van der Waals surface area contributed by atoms with Crippen molar-refractivity contribution in [1.82, 2.24) is 5.32 Å². The van der Waals surface area contributed by atoms with E-state index in [1.807, 2.05) is 12.3 Å². The van der Waals surface area contributed by atoms with Crippen molar-refractivity contribution in [3.05, 3.63) is 59.5 Å². The zero-order valence-corrected chi connectivity index (χ0v) is 11.1. The minimum atomic E-state index is 0.360. The maximum absolute atomic E-state index is 5.14. The summed E-state index contributed by atoms with van der Waals surface area (Å²) in [5.41, 5.74) is 3.97. The summed E-state index contributed by atoms with van der Waals surface area (Å²) >= 11 is 0. The molecule has 0 amide bonds. The first-order valence-corrected chi connectivity index (χ1v) is 6.66. The summed E-state index contributed by atoms with van der Waals surface area (Å²) < 4.78 is 5.14. The molecule has 2 rings (SSSR count). The van der Waals surface area contributed by atoms with Crippen molar-refractivity contribution in [3.8, 4) is 0 Å². The zero-order chi connectivity index (χ0) is 12.8. The Balaban J connectivity index is 2.12. The van der Waals surface area contributed by atoms with Gasteiger partial charge < -0.3 is 9.73 Å². The first-order chi connectivity index (χ1) is 8.83. The van der Waals surface area contributed by atoms with Gasteiger partial charge in [0.05, 0.1) is 12.5 Å². The number of rotatable bonds is 6. The number of nitrogens with one attached hydrogen (secondary N) is 1. The van der Waals surface area contributed by atoms with Crippen molar-refractivity contribution in [1.29, 1.82) is 0 Å². The van der Waals surface area contributed by atoms with Gasteiger partial charge in [-0.3, -0.25) is 0 Å². The minimum absolute atomic E-state index is 0.360. The van der Waals surface area contributed by atoms with E-state index in [1.54, 1.807) is 6.26 Å². The van der Waals surface area contributed by atoms with Crippen molar-refractivity contribution in [2.24, 2.45) is 0 Å². The Morgan fingerprint density at radius 1 is 1.06 bits per heavy atom. The lowest BCUT2D eigenvalue weighted by Gasteiger charge is -2.18. The topological polar surface area (TPSA) is 25.2 Å². The average Bonchev–Trinajstić information content (AvgIpc) is 2.91. The van der Waals surface area contributed by atoms with E-state index in [-0.39, 0.29) is 0 Å². The molecule has 0 fully saturated rings. The molecule has 0 bridgehead atoms. The fourth-order valence-electron chi connectivity index (χ4n) is 2.18. The highest BCUT2D eigenvalue weighted by Crippen LogP contribution is 2.19. The third-order valence-electron chi connectivity index (χ3n) is 3.26. The van der Waals surface area contributed by atoms with Crippen LogP contribution in [0.15, 0.2) is 47.3 Å². The summed E-state index contributed by atoms with van der Waals surface area (Å²) in [7, 11) is 0. The molecule has 18 heavy (non-hydrogen) atoms. The lowest BCUT2D eigenvalue weighted by atomic mass is 9.99. The van der Waals surface area contributed by atoms with Gasteiger partial charge in [-0.05, 0) is 42.1 Å². The second kappa shape index (κ2) is 6.41. The van der Waals surface area contributed by atoms with Gasteiger partial charge in [0.2, 0.25) is 0 Å². The molecule has 0 aliphatic rings.